The molecule has 0 fully saturated rings. The van der Waals surface area contributed by atoms with E-state index in [1.807, 2.05) is 6.07 Å². The number of carbonyl (C=O) groups is 1. The Morgan fingerprint density at radius 1 is 1.00 bits per heavy atom. The zero-order valence-corrected chi connectivity index (χ0v) is 11.1. The number of alkyl halides is 3. The van der Waals surface area contributed by atoms with Crippen LogP contribution in [-0.4, -0.2) is 6.03 Å². The number of nitriles is 1. The van der Waals surface area contributed by atoms with Gasteiger partial charge in [0.05, 0.1) is 17.2 Å². The van der Waals surface area contributed by atoms with Crippen molar-refractivity contribution in [3.63, 3.8) is 0 Å². The highest BCUT2D eigenvalue weighted by molar-refractivity contribution is 5.99. The van der Waals surface area contributed by atoms with Gasteiger partial charge in [-0.1, -0.05) is 12.1 Å². The average Bonchev–Trinajstić information content (AvgIpc) is 2.46. The van der Waals surface area contributed by atoms with Gasteiger partial charge in [-0.15, -0.1) is 0 Å². The Labute approximate surface area is 124 Å². The van der Waals surface area contributed by atoms with Crippen LogP contribution in [0.3, 0.4) is 0 Å². The van der Waals surface area contributed by atoms with Crippen molar-refractivity contribution in [2.75, 3.05) is 10.6 Å². The number of halogens is 3. The molecule has 0 bridgehead atoms. The van der Waals surface area contributed by atoms with E-state index in [9.17, 15) is 18.0 Å². The number of urea groups is 1. The highest BCUT2D eigenvalue weighted by Crippen LogP contribution is 2.30. The summed E-state index contributed by atoms with van der Waals surface area (Å²) in [6.07, 6.45) is -4.48. The Kier molecular flexibility index (Phi) is 4.32. The van der Waals surface area contributed by atoms with Gasteiger partial charge in [0.2, 0.25) is 0 Å². The molecule has 2 aromatic rings. The van der Waals surface area contributed by atoms with Crippen LogP contribution in [0.1, 0.15) is 11.1 Å². The molecule has 2 rings (SSSR count). The van der Waals surface area contributed by atoms with Crippen LogP contribution in [0.15, 0.2) is 48.5 Å². The van der Waals surface area contributed by atoms with Crippen LogP contribution in [0.4, 0.5) is 29.3 Å². The Bertz CT molecular complexity index is 735. The van der Waals surface area contributed by atoms with E-state index < -0.39 is 17.8 Å². The fourth-order valence-corrected chi connectivity index (χ4v) is 1.73. The lowest BCUT2D eigenvalue weighted by Crippen LogP contribution is -2.19. The van der Waals surface area contributed by atoms with Crippen molar-refractivity contribution in [1.82, 2.24) is 0 Å². The molecule has 0 saturated carbocycles. The maximum Gasteiger partial charge on any atom is 0.416 e. The second-order valence-electron chi connectivity index (χ2n) is 4.35. The zero-order valence-electron chi connectivity index (χ0n) is 11.1. The van der Waals surface area contributed by atoms with Crippen LogP contribution < -0.4 is 10.6 Å². The molecule has 0 heterocycles. The SMILES string of the molecule is N#Cc1cccc(NC(=O)Nc2cccc(C(F)(F)F)c2)c1. The molecule has 0 aliphatic carbocycles. The van der Waals surface area contributed by atoms with Crippen molar-refractivity contribution in [1.29, 1.82) is 5.26 Å². The third-order valence-electron chi connectivity index (χ3n) is 2.70. The lowest BCUT2D eigenvalue weighted by Gasteiger charge is -2.10. The highest BCUT2D eigenvalue weighted by Gasteiger charge is 2.30. The van der Waals surface area contributed by atoms with Gasteiger partial charge in [0.1, 0.15) is 0 Å². The van der Waals surface area contributed by atoms with E-state index >= 15 is 0 Å². The summed E-state index contributed by atoms with van der Waals surface area (Å²) in [5.74, 6) is 0. The third-order valence-corrected chi connectivity index (χ3v) is 2.70. The molecule has 112 valence electrons. The van der Waals surface area contributed by atoms with Gasteiger partial charge < -0.3 is 10.6 Å². The molecule has 2 N–H and O–H groups in total. The number of carbonyl (C=O) groups excluding carboxylic acids is 1. The zero-order chi connectivity index (χ0) is 16.2. The predicted octanol–water partition coefficient (Wildman–Crippen LogP) is 4.22. The number of benzene rings is 2. The topological polar surface area (TPSA) is 64.9 Å². The predicted molar refractivity (Wildman–Crippen MR) is 75.2 cm³/mol. The summed E-state index contributed by atoms with van der Waals surface area (Å²) < 4.78 is 37.7. The van der Waals surface area contributed by atoms with E-state index in [1.54, 1.807) is 18.2 Å². The van der Waals surface area contributed by atoms with Crippen molar-refractivity contribution >= 4 is 17.4 Å². The minimum absolute atomic E-state index is 0.0174. The third kappa shape index (κ3) is 3.99. The van der Waals surface area contributed by atoms with Crippen LogP contribution in [0.5, 0.6) is 0 Å². The summed E-state index contributed by atoms with van der Waals surface area (Å²) >= 11 is 0. The number of hydrogen-bond acceptors (Lipinski definition) is 2. The lowest BCUT2D eigenvalue weighted by molar-refractivity contribution is -0.137. The molecule has 0 unspecified atom stereocenters. The van der Waals surface area contributed by atoms with Crippen molar-refractivity contribution in [3.8, 4) is 6.07 Å². The molecule has 0 saturated heterocycles. The first-order chi connectivity index (χ1) is 10.4. The average molecular weight is 305 g/mol. The molecule has 22 heavy (non-hydrogen) atoms. The second-order valence-corrected chi connectivity index (χ2v) is 4.35. The molecule has 0 radical (unpaired) electrons. The quantitative estimate of drug-likeness (QED) is 0.872. The second kappa shape index (κ2) is 6.18. The van der Waals surface area contributed by atoms with Crippen molar-refractivity contribution in [3.05, 3.63) is 59.7 Å². The van der Waals surface area contributed by atoms with Gasteiger partial charge in [0, 0.05) is 11.4 Å². The molecule has 0 spiro atoms. The van der Waals surface area contributed by atoms with E-state index in [2.05, 4.69) is 10.6 Å². The summed E-state index contributed by atoms with van der Waals surface area (Å²) in [5, 5.41) is 13.5. The molecule has 2 aromatic carbocycles. The standard InChI is InChI=1S/C15H10F3N3O/c16-15(17,18)11-4-2-6-13(8-11)21-14(22)20-12-5-1-3-10(7-12)9-19/h1-8H,(H2,20,21,22). The van der Waals surface area contributed by atoms with Crippen LogP contribution in [0.25, 0.3) is 0 Å². The Hall–Kier alpha value is -3.01. The maximum absolute atomic E-state index is 12.6. The Morgan fingerprint density at radius 2 is 1.59 bits per heavy atom. The summed E-state index contributed by atoms with van der Waals surface area (Å²) in [4.78, 5) is 11.8. The van der Waals surface area contributed by atoms with Crippen LogP contribution in [0, 0.1) is 11.3 Å². The van der Waals surface area contributed by atoms with Crippen LogP contribution in [-0.2, 0) is 6.18 Å². The molecule has 7 heteroatoms. The summed E-state index contributed by atoms with van der Waals surface area (Å²) in [7, 11) is 0. The summed E-state index contributed by atoms with van der Waals surface area (Å²) in [5.41, 5.74) is -0.110. The van der Waals surface area contributed by atoms with Gasteiger partial charge in [-0.25, -0.2) is 4.79 Å². The van der Waals surface area contributed by atoms with Crippen molar-refractivity contribution in [2.45, 2.75) is 6.18 Å². The number of nitrogens with zero attached hydrogens (tertiary/aromatic N) is 1. The van der Waals surface area contributed by atoms with Crippen LogP contribution >= 0.6 is 0 Å². The van der Waals surface area contributed by atoms with E-state index in [1.165, 1.54) is 18.2 Å². The first kappa shape index (κ1) is 15.4. The Balaban J connectivity index is 2.08. The summed E-state index contributed by atoms with van der Waals surface area (Å²) in [6.45, 7) is 0. The van der Waals surface area contributed by atoms with Gasteiger partial charge >= 0.3 is 12.2 Å². The van der Waals surface area contributed by atoms with Crippen molar-refractivity contribution < 1.29 is 18.0 Å². The monoisotopic (exact) mass is 305 g/mol. The molecule has 0 aliphatic rings. The van der Waals surface area contributed by atoms with Gasteiger partial charge in [-0.3, -0.25) is 0 Å². The number of nitrogens with one attached hydrogen (secondary N) is 2. The minimum Gasteiger partial charge on any atom is -0.308 e. The molecule has 0 aromatic heterocycles. The normalized spacial score (nSPS) is 10.6. The van der Waals surface area contributed by atoms with Crippen LogP contribution in [0.2, 0.25) is 0 Å². The van der Waals surface area contributed by atoms with E-state index in [0.29, 0.717) is 11.3 Å². The van der Waals surface area contributed by atoms with Crippen molar-refractivity contribution in [2.24, 2.45) is 0 Å². The molecule has 0 aliphatic heterocycles. The van der Waals surface area contributed by atoms with Gasteiger partial charge in [0.25, 0.3) is 0 Å². The highest BCUT2D eigenvalue weighted by atomic mass is 19.4. The van der Waals surface area contributed by atoms with E-state index in [-0.39, 0.29) is 5.69 Å². The smallest absolute Gasteiger partial charge is 0.308 e. The maximum atomic E-state index is 12.6. The largest absolute Gasteiger partial charge is 0.416 e. The molecular formula is C15H10F3N3O. The number of hydrogen-bond donors (Lipinski definition) is 2. The first-order valence-electron chi connectivity index (χ1n) is 6.14. The fraction of sp³-hybridized carbons (Fsp3) is 0.0667. The van der Waals surface area contributed by atoms with Gasteiger partial charge in [-0.2, -0.15) is 18.4 Å². The van der Waals surface area contributed by atoms with E-state index in [4.69, 9.17) is 5.26 Å². The summed E-state index contributed by atoms with van der Waals surface area (Å²) in [6, 6.07) is 11.7. The van der Waals surface area contributed by atoms with Gasteiger partial charge in [0.15, 0.2) is 0 Å². The number of rotatable bonds is 2. The number of amides is 2. The molecule has 2 amide bonds. The Morgan fingerprint density at radius 3 is 2.18 bits per heavy atom. The lowest BCUT2D eigenvalue weighted by atomic mass is 10.2. The molecule has 0 atom stereocenters. The first-order valence-corrected chi connectivity index (χ1v) is 6.14. The van der Waals surface area contributed by atoms with E-state index in [0.717, 1.165) is 12.1 Å². The van der Waals surface area contributed by atoms with Gasteiger partial charge in [-0.05, 0) is 36.4 Å². The number of anilines is 2. The molecule has 4 nitrogen and oxygen atoms in total. The fourth-order valence-electron chi connectivity index (χ4n) is 1.73. The molecular weight excluding hydrogens is 295 g/mol. The minimum atomic E-state index is -4.48.